The van der Waals surface area contributed by atoms with Gasteiger partial charge in [0.15, 0.2) is 0 Å². The first-order valence-corrected chi connectivity index (χ1v) is 9.43. The fourth-order valence-corrected chi connectivity index (χ4v) is 3.61. The third kappa shape index (κ3) is 3.73. The average Bonchev–Trinajstić information content (AvgIpc) is 3.26. The average molecular weight is 369 g/mol. The minimum Gasteiger partial charge on any atom is -0.341 e. The lowest BCUT2D eigenvalue weighted by Crippen LogP contribution is -2.48. The topological polar surface area (TPSA) is 95.3 Å². The first-order valence-electron chi connectivity index (χ1n) is 9.43. The Morgan fingerprint density at radius 2 is 1.93 bits per heavy atom. The van der Waals surface area contributed by atoms with E-state index in [-0.39, 0.29) is 17.9 Å². The molecule has 7 nitrogen and oxygen atoms in total. The molecule has 0 saturated carbocycles. The van der Waals surface area contributed by atoms with Crippen molar-refractivity contribution in [2.45, 2.75) is 39.3 Å². The van der Waals surface area contributed by atoms with Crippen LogP contribution in [0.4, 0.5) is 0 Å². The van der Waals surface area contributed by atoms with Gasteiger partial charge in [-0.3, -0.25) is 9.59 Å². The summed E-state index contributed by atoms with van der Waals surface area (Å²) in [6.07, 6.45) is 0.482. The number of likely N-dealkylation sites (tertiary alicyclic amines) is 1. The molecule has 27 heavy (non-hydrogen) atoms. The van der Waals surface area contributed by atoms with E-state index in [9.17, 15) is 9.59 Å². The van der Waals surface area contributed by atoms with Gasteiger partial charge in [0.25, 0.3) is 5.91 Å². The summed E-state index contributed by atoms with van der Waals surface area (Å²) in [6.45, 7) is 7.29. The lowest BCUT2D eigenvalue weighted by atomic mass is 10.1. The van der Waals surface area contributed by atoms with Crippen LogP contribution in [0.15, 0.2) is 30.3 Å². The Labute approximate surface area is 159 Å². The van der Waals surface area contributed by atoms with E-state index in [4.69, 9.17) is 5.73 Å². The van der Waals surface area contributed by atoms with Crippen molar-refractivity contribution in [3.63, 3.8) is 0 Å². The predicted octanol–water partition coefficient (Wildman–Crippen LogP) is 1.80. The van der Waals surface area contributed by atoms with Crippen LogP contribution in [0.25, 0.3) is 11.4 Å². The van der Waals surface area contributed by atoms with Gasteiger partial charge in [0.05, 0.1) is 0 Å². The SMILES string of the molecule is CCN(CC)C(=O)[C@@H]1C[C@H](N)CN1C(=O)c1nc(-c2ccccc2)[nH]c1C. The van der Waals surface area contributed by atoms with Crippen LogP contribution >= 0.6 is 0 Å². The van der Waals surface area contributed by atoms with E-state index in [1.165, 1.54) is 0 Å². The summed E-state index contributed by atoms with van der Waals surface area (Å²) in [5.74, 6) is 0.355. The number of hydrogen-bond donors (Lipinski definition) is 2. The van der Waals surface area contributed by atoms with Gasteiger partial charge in [0.1, 0.15) is 17.6 Å². The van der Waals surface area contributed by atoms with E-state index in [1.54, 1.807) is 9.80 Å². The van der Waals surface area contributed by atoms with Crippen LogP contribution in [0.2, 0.25) is 0 Å². The molecular formula is C20H27N5O2. The first kappa shape index (κ1) is 19.1. The third-order valence-electron chi connectivity index (χ3n) is 5.09. The number of aromatic nitrogens is 2. The van der Waals surface area contributed by atoms with Gasteiger partial charge in [-0.1, -0.05) is 30.3 Å². The molecule has 1 aliphatic heterocycles. The highest BCUT2D eigenvalue weighted by atomic mass is 16.2. The number of imidazole rings is 1. The molecule has 0 aliphatic carbocycles. The molecule has 1 saturated heterocycles. The van der Waals surface area contributed by atoms with Crippen LogP contribution < -0.4 is 5.73 Å². The quantitative estimate of drug-likeness (QED) is 0.840. The van der Waals surface area contributed by atoms with Crippen molar-refractivity contribution in [3.8, 4) is 11.4 Å². The number of carbonyl (C=O) groups is 2. The second-order valence-electron chi connectivity index (χ2n) is 6.90. The second kappa shape index (κ2) is 7.92. The molecule has 2 aromatic rings. The molecule has 3 rings (SSSR count). The van der Waals surface area contributed by atoms with Gasteiger partial charge in [-0.15, -0.1) is 0 Å². The highest BCUT2D eigenvalue weighted by molar-refractivity contribution is 5.98. The van der Waals surface area contributed by atoms with Crippen molar-refractivity contribution < 1.29 is 9.59 Å². The number of rotatable bonds is 5. The van der Waals surface area contributed by atoms with E-state index in [0.717, 1.165) is 5.56 Å². The van der Waals surface area contributed by atoms with Crippen LogP contribution in [0.5, 0.6) is 0 Å². The standard InChI is InChI=1S/C20H27N5O2/c1-4-24(5-2)19(26)16-11-15(21)12-25(16)20(27)17-13(3)22-18(23-17)14-9-7-6-8-10-14/h6-10,15-16H,4-5,11-12,21H2,1-3H3,(H,22,23)/t15-,16-/m0/s1. The third-order valence-corrected chi connectivity index (χ3v) is 5.09. The Bertz CT molecular complexity index is 813. The van der Waals surface area contributed by atoms with Crippen LogP contribution in [-0.2, 0) is 4.79 Å². The minimum atomic E-state index is -0.524. The molecule has 7 heteroatoms. The lowest BCUT2D eigenvalue weighted by molar-refractivity contribution is -0.134. The molecule has 2 heterocycles. The number of benzene rings is 1. The van der Waals surface area contributed by atoms with E-state index >= 15 is 0 Å². The molecule has 3 N–H and O–H groups in total. The number of amides is 2. The predicted molar refractivity (Wildman–Crippen MR) is 104 cm³/mol. The lowest BCUT2D eigenvalue weighted by Gasteiger charge is -2.28. The second-order valence-corrected chi connectivity index (χ2v) is 6.90. The monoisotopic (exact) mass is 369 g/mol. The normalized spacial score (nSPS) is 19.3. The van der Waals surface area contributed by atoms with Crippen molar-refractivity contribution in [1.82, 2.24) is 19.8 Å². The summed E-state index contributed by atoms with van der Waals surface area (Å²) in [5, 5.41) is 0. The molecule has 1 aromatic carbocycles. The van der Waals surface area contributed by atoms with Crippen LogP contribution in [0, 0.1) is 6.92 Å². The van der Waals surface area contributed by atoms with Gasteiger partial charge in [-0.05, 0) is 27.2 Å². The molecule has 0 radical (unpaired) electrons. The number of aromatic amines is 1. The molecule has 0 unspecified atom stereocenters. The van der Waals surface area contributed by atoms with E-state index in [1.807, 2.05) is 51.1 Å². The highest BCUT2D eigenvalue weighted by Gasteiger charge is 2.41. The molecule has 144 valence electrons. The fraction of sp³-hybridized carbons (Fsp3) is 0.450. The number of H-pyrrole nitrogens is 1. The number of carbonyl (C=O) groups excluding carboxylic acids is 2. The Kier molecular flexibility index (Phi) is 5.60. The van der Waals surface area contributed by atoms with Crippen LogP contribution in [0.1, 0.15) is 36.5 Å². The molecule has 1 fully saturated rings. The molecule has 1 aromatic heterocycles. The summed E-state index contributed by atoms with van der Waals surface area (Å²) in [4.78, 5) is 37.1. The van der Waals surface area contributed by atoms with Gasteiger partial charge in [-0.2, -0.15) is 0 Å². The van der Waals surface area contributed by atoms with Gasteiger partial charge >= 0.3 is 0 Å². The van der Waals surface area contributed by atoms with Crippen molar-refractivity contribution in [2.24, 2.45) is 5.73 Å². The zero-order valence-electron chi connectivity index (χ0n) is 16.1. The number of hydrogen-bond acceptors (Lipinski definition) is 4. The van der Waals surface area contributed by atoms with Gasteiger partial charge < -0.3 is 20.5 Å². The number of nitrogens with zero attached hydrogens (tertiary/aromatic N) is 3. The summed E-state index contributed by atoms with van der Waals surface area (Å²) in [5.41, 5.74) is 8.04. The van der Waals surface area contributed by atoms with Crippen molar-refractivity contribution in [2.75, 3.05) is 19.6 Å². The highest BCUT2D eigenvalue weighted by Crippen LogP contribution is 2.24. The van der Waals surface area contributed by atoms with E-state index in [0.29, 0.717) is 43.3 Å². The van der Waals surface area contributed by atoms with E-state index in [2.05, 4.69) is 9.97 Å². The summed E-state index contributed by atoms with van der Waals surface area (Å²) >= 11 is 0. The summed E-state index contributed by atoms with van der Waals surface area (Å²) in [6, 6.07) is 8.92. The maximum atomic E-state index is 13.2. The van der Waals surface area contributed by atoms with Crippen molar-refractivity contribution in [3.05, 3.63) is 41.7 Å². The molecule has 0 bridgehead atoms. The Hall–Kier alpha value is -2.67. The molecule has 1 aliphatic rings. The van der Waals surface area contributed by atoms with Crippen molar-refractivity contribution >= 4 is 11.8 Å². The minimum absolute atomic E-state index is 0.0437. The zero-order chi connectivity index (χ0) is 19.6. The number of nitrogens with one attached hydrogen (secondary N) is 1. The smallest absolute Gasteiger partial charge is 0.275 e. The molecular weight excluding hydrogens is 342 g/mol. The number of nitrogens with two attached hydrogens (primary N) is 1. The largest absolute Gasteiger partial charge is 0.341 e. The van der Waals surface area contributed by atoms with Gasteiger partial charge in [-0.25, -0.2) is 4.98 Å². The van der Waals surface area contributed by atoms with Crippen LogP contribution in [0.3, 0.4) is 0 Å². The fourth-order valence-electron chi connectivity index (χ4n) is 3.61. The van der Waals surface area contributed by atoms with E-state index < -0.39 is 6.04 Å². The van der Waals surface area contributed by atoms with Crippen LogP contribution in [-0.4, -0.2) is 63.3 Å². The zero-order valence-corrected chi connectivity index (χ0v) is 16.1. The van der Waals surface area contributed by atoms with Crippen molar-refractivity contribution in [1.29, 1.82) is 0 Å². The van der Waals surface area contributed by atoms with Gasteiger partial charge in [0.2, 0.25) is 5.91 Å². The Balaban J connectivity index is 1.88. The van der Waals surface area contributed by atoms with Gasteiger partial charge in [0, 0.05) is 36.9 Å². The number of likely N-dealkylation sites (N-methyl/N-ethyl adjacent to an activating group) is 1. The first-order chi connectivity index (χ1) is 13.0. The maximum absolute atomic E-state index is 13.2. The summed E-state index contributed by atoms with van der Waals surface area (Å²) in [7, 11) is 0. The Morgan fingerprint density at radius 3 is 2.56 bits per heavy atom. The molecule has 2 amide bonds. The maximum Gasteiger partial charge on any atom is 0.275 e. The Morgan fingerprint density at radius 1 is 1.26 bits per heavy atom. The molecule has 2 atom stereocenters. The molecule has 0 spiro atoms. The summed E-state index contributed by atoms with van der Waals surface area (Å²) < 4.78 is 0. The number of aryl methyl sites for hydroxylation is 1.